The lowest BCUT2D eigenvalue weighted by Crippen LogP contribution is -2.40. The lowest BCUT2D eigenvalue weighted by molar-refractivity contribution is -0.147. The molecule has 0 fully saturated rings. The second-order valence-corrected chi connectivity index (χ2v) is 14.8. The average molecular weight is 707 g/mol. The van der Waals surface area contributed by atoms with E-state index < -0.39 is 12.0 Å². The van der Waals surface area contributed by atoms with Crippen LogP contribution in [0, 0.1) is 0 Å². The minimum atomic E-state index is -1.00. The molecule has 4 N–H and O–H groups in total. The predicted octanol–water partition coefficient (Wildman–Crippen LogP) is 11.9. The number of nitrogens with one attached hydrogen (secondary N) is 1. The molecular formula is C43H82N2O5. The first-order chi connectivity index (χ1) is 24.4. The van der Waals surface area contributed by atoms with Crippen LogP contribution < -0.4 is 11.1 Å². The van der Waals surface area contributed by atoms with Crippen LogP contribution in [-0.2, 0) is 19.1 Å². The molecule has 7 nitrogen and oxygen atoms in total. The van der Waals surface area contributed by atoms with E-state index in [-0.39, 0.29) is 18.0 Å². The zero-order chi connectivity index (χ0) is 36.8. The van der Waals surface area contributed by atoms with Crippen LogP contribution in [0.4, 0.5) is 0 Å². The molecule has 7 heteroatoms. The van der Waals surface area contributed by atoms with Crippen molar-refractivity contribution in [2.45, 2.75) is 238 Å². The van der Waals surface area contributed by atoms with Crippen molar-refractivity contribution in [3.63, 3.8) is 0 Å². The highest BCUT2D eigenvalue weighted by atomic mass is 16.5. The first-order valence-corrected chi connectivity index (χ1v) is 21.5. The van der Waals surface area contributed by atoms with E-state index in [4.69, 9.17) is 10.5 Å². The molecule has 0 aromatic heterocycles. The number of hydrogen-bond donors (Lipinski definition) is 3. The van der Waals surface area contributed by atoms with Crippen molar-refractivity contribution < 1.29 is 24.2 Å². The molecule has 0 spiro atoms. The molecule has 0 rings (SSSR count). The summed E-state index contributed by atoms with van der Waals surface area (Å²) in [5, 5.41) is 11.9. The van der Waals surface area contributed by atoms with Gasteiger partial charge in [-0.1, -0.05) is 168 Å². The number of carbonyl (C=O) groups excluding carboxylic acids is 2. The number of esters is 1. The average Bonchev–Trinajstić information content (AvgIpc) is 3.10. The van der Waals surface area contributed by atoms with Gasteiger partial charge in [-0.25, -0.2) is 4.79 Å². The van der Waals surface area contributed by atoms with Crippen LogP contribution in [0.15, 0.2) is 12.2 Å². The van der Waals surface area contributed by atoms with Crippen LogP contribution in [-0.4, -0.2) is 41.6 Å². The molecule has 0 saturated carbocycles. The van der Waals surface area contributed by atoms with Gasteiger partial charge in [0, 0.05) is 12.8 Å². The highest BCUT2D eigenvalue weighted by molar-refractivity contribution is 5.83. The van der Waals surface area contributed by atoms with E-state index in [9.17, 15) is 19.5 Å². The van der Waals surface area contributed by atoms with Crippen molar-refractivity contribution >= 4 is 17.8 Å². The van der Waals surface area contributed by atoms with Gasteiger partial charge in [0.2, 0.25) is 5.91 Å². The summed E-state index contributed by atoms with van der Waals surface area (Å²) in [5.74, 6) is -1.26. The van der Waals surface area contributed by atoms with Gasteiger partial charge in [0.25, 0.3) is 0 Å². The van der Waals surface area contributed by atoms with Crippen LogP contribution in [0.25, 0.3) is 0 Å². The summed E-state index contributed by atoms with van der Waals surface area (Å²) in [6.07, 6.45) is 41.3. The van der Waals surface area contributed by atoms with Crippen LogP contribution in [0.2, 0.25) is 0 Å². The van der Waals surface area contributed by atoms with Gasteiger partial charge in [0.15, 0.2) is 0 Å². The van der Waals surface area contributed by atoms with E-state index in [0.29, 0.717) is 32.2 Å². The van der Waals surface area contributed by atoms with Gasteiger partial charge < -0.3 is 20.9 Å². The standard InChI is InChI=1S/C43H82N2O5/c1-3-5-7-9-11-13-14-15-16-17-18-19-21-27-31-37-42(47)50-39(33-28-24-20-12-10-8-6-4-2)34-29-25-22-23-26-30-36-41(46)45-40(43(48)49)35-32-38-44/h28,33,39-40H,3-27,29-32,34-38,44H2,1-2H3,(H,45,46)(H,48,49)/b33-28-. The zero-order valence-electron chi connectivity index (χ0n) is 33.0. The molecule has 0 radical (unpaired) electrons. The van der Waals surface area contributed by atoms with Gasteiger partial charge in [-0.2, -0.15) is 0 Å². The number of nitrogens with two attached hydrogens (primary N) is 1. The molecule has 0 bridgehead atoms. The number of aliphatic carboxylic acids is 1. The number of carbonyl (C=O) groups is 3. The Bertz CT molecular complexity index is 802. The third kappa shape index (κ3) is 34.6. The Labute approximate surface area is 309 Å². The smallest absolute Gasteiger partial charge is 0.326 e. The quantitative estimate of drug-likeness (QED) is 0.0332. The summed E-state index contributed by atoms with van der Waals surface area (Å²) in [5.41, 5.74) is 5.47. The summed E-state index contributed by atoms with van der Waals surface area (Å²) >= 11 is 0. The minimum Gasteiger partial charge on any atom is -0.480 e. The molecule has 0 aliphatic carbocycles. The highest BCUT2D eigenvalue weighted by Gasteiger charge is 2.18. The van der Waals surface area contributed by atoms with Crippen molar-refractivity contribution in [2.75, 3.05) is 6.54 Å². The third-order valence-corrected chi connectivity index (χ3v) is 9.82. The van der Waals surface area contributed by atoms with E-state index in [1.807, 2.05) is 0 Å². The summed E-state index contributed by atoms with van der Waals surface area (Å²) in [6.45, 7) is 4.94. The Morgan fingerprint density at radius 1 is 0.580 bits per heavy atom. The van der Waals surface area contributed by atoms with Crippen molar-refractivity contribution in [1.29, 1.82) is 0 Å². The number of unbranched alkanes of at least 4 members (excludes halogenated alkanes) is 25. The largest absolute Gasteiger partial charge is 0.480 e. The topological polar surface area (TPSA) is 119 Å². The lowest BCUT2D eigenvalue weighted by Gasteiger charge is -2.15. The summed E-state index contributed by atoms with van der Waals surface area (Å²) in [4.78, 5) is 36.2. The fraction of sp³-hybridized carbons (Fsp3) is 0.884. The molecule has 0 heterocycles. The van der Waals surface area contributed by atoms with Gasteiger partial charge in [0.05, 0.1) is 0 Å². The SMILES string of the molecule is CCCCCCCC/C=C\C(CCCCCCCCC(=O)NC(CCCN)C(=O)O)OC(=O)CCCCCCCCCCCCCCCCC. The van der Waals surface area contributed by atoms with Gasteiger partial charge in [-0.3, -0.25) is 9.59 Å². The van der Waals surface area contributed by atoms with Crippen LogP contribution in [0.1, 0.15) is 226 Å². The Hall–Kier alpha value is -1.89. The summed E-state index contributed by atoms with van der Waals surface area (Å²) < 4.78 is 5.95. The van der Waals surface area contributed by atoms with Gasteiger partial charge in [0.1, 0.15) is 12.1 Å². The Balaban J connectivity index is 4.20. The second kappa shape index (κ2) is 38.3. The summed E-state index contributed by atoms with van der Waals surface area (Å²) in [6, 6.07) is -0.850. The number of carboxylic acid groups (broad SMARTS) is 1. The van der Waals surface area contributed by atoms with Crippen molar-refractivity contribution in [2.24, 2.45) is 5.73 Å². The van der Waals surface area contributed by atoms with E-state index in [2.05, 4.69) is 31.3 Å². The maximum Gasteiger partial charge on any atom is 0.326 e. The normalized spacial score (nSPS) is 12.7. The molecule has 294 valence electrons. The summed E-state index contributed by atoms with van der Waals surface area (Å²) in [7, 11) is 0. The molecule has 0 saturated heterocycles. The highest BCUT2D eigenvalue weighted by Crippen LogP contribution is 2.17. The molecule has 0 aromatic carbocycles. The molecular weight excluding hydrogens is 624 g/mol. The zero-order valence-corrected chi connectivity index (χ0v) is 33.0. The van der Waals surface area contributed by atoms with Gasteiger partial charge in [-0.05, 0) is 64.0 Å². The Morgan fingerprint density at radius 3 is 1.50 bits per heavy atom. The van der Waals surface area contributed by atoms with Crippen molar-refractivity contribution in [1.82, 2.24) is 5.32 Å². The fourth-order valence-electron chi connectivity index (χ4n) is 6.54. The van der Waals surface area contributed by atoms with Crippen molar-refractivity contribution in [3.8, 4) is 0 Å². The van der Waals surface area contributed by atoms with E-state index in [1.54, 1.807) is 0 Å². The van der Waals surface area contributed by atoms with Gasteiger partial charge >= 0.3 is 11.9 Å². The third-order valence-electron chi connectivity index (χ3n) is 9.82. The minimum absolute atomic E-state index is 0.0552. The Morgan fingerprint density at radius 2 is 1.02 bits per heavy atom. The fourth-order valence-corrected chi connectivity index (χ4v) is 6.54. The van der Waals surface area contributed by atoms with E-state index >= 15 is 0 Å². The number of carboxylic acids is 1. The van der Waals surface area contributed by atoms with Crippen LogP contribution in [0.5, 0.6) is 0 Å². The molecule has 2 atom stereocenters. The number of hydrogen-bond acceptors (Lipinski definition) is 5. The predicted molar refractivity (Wildman–Crippen MR) is 211 cm³/mol. The molecule has 50 heavy (non-hydrogen) atoms. The number of ether oxygens (including phenoxy) is 1. The molecule has 0 aromatic rings. The monoisotopic (exact) mass is 707 g/mol. The Kier molecular flexibility index (Phi) is 36.9. The first kappa shape index (κ1) is 48.1. The number of allylic oxidation sites excluding steroid dienone is 1. The van der Waals surface area contributed by atoms with Crippen molar-refractivity contribution in [3.05, 3.63) is 12.2 Å². The van der Waals surface area contributed by atoms with Crippen LogP contribution >= 0.6 is 0 Å². The molecule has 0 aliphatic heterocycles. The number of rotatable bonds is 39. The van der Waals surface area contributed by atoms with E-state index in [1.165, 1.54) is 122 Å². The van der Waals surface area contributed by atoms with E-state index in [0.717, 1.165) is 64.2 Å². The maximum atomic E-state index is 12.7. The maximum absolute atomic E-state index is 12.7. The second-order valence-electron chi connectivity index (χ2n) is 14.8. The van der Waals surface area contributed by atoms with Gasteiger partial charge in [-0.15, -0.1) is 0 Å². The lowest BCUT2D eigenvalue weighted by atomic mass is 10.0. The molecule has 0 aliphatic rings. The van der Waals surface area contributed by atoms with Crippen LogP contribution in [0.3, 0.4) is 0 Å². The number of amides is 1. The molecule has 1 amide bonds. The molecule has 2 unspecified atom stereocenters. The first-order valence-electron chi connectivity index (χ1n) is 21.5.